The lowest BCUT2D eigenvalue weighted by atomic mass is 10.1. The Morgan fingerprint density at radius 3 is 2.37 bits per heavy atom. The molecule has 0 radical (unpaired) electrons. The molecular formula is C27H32N4O3S. The fourth-order valence-electron chi connectivity index (χ4n) is 4.94. The van der Waals surface area contributed by atoms with Crippen molar-refractivity contribution in [1.82, 2.24) is 9.97 Å². The minimum atomic E-state index is -3.20. The van der Waals surface area contributed by atoms with Crippen LogP contribution in [-0.2, 0) is 22.7 Å². The quantitative estimate of drug-likeness (QED) is 0.478. The molecule has 0 unspecified atom stereocenters. The number of benzene rings is 2. The van der Waals surface area contributed by atoms with Crippen molar-refractivity contribution in [1.29, 1.82) is 0 Å². The maximum Gasteiger partial charge on any atom is 0.225 e. The average molecular weight is 493 g/mol. The van der Waals surface area contributed by atoms with Gasteiger partial charge in [-0.15, -0.1) is 0 Å². The van der Waals surface area contributed by atoms with Gasteiger partial charge in [-0.25, -0.2) is 18.4 Å². The second-order valence-corrected chi connectivity index (χ2v) is 11.4. The first-order valence-electron chi connectivity index (χ1n) is 12.3. The van der Waals surface area contributed by atoms with Crippen molar-refractivity contribution in [2.24, 2.45) is 0 Å². The van der Waals surface area contributed by atoms with Gasteiger partial charge in [0.15, 0.2) is 9.84 Å². The van der Waals surface area contributed by atoms with E-state index in [2.05, 4.69) is 38.8 Å². The third kappa shape index (κ3) is 5.12. The number of sulfone groups is 1. The number of hydrogen-bond acceptors (Lipinski definition) is 7. The van der Waals surface area contributed by atoms with Crippen LogP contribution in [0.1, 0.15) is 37.3 Å². The maximum absolute atomic E-state index is 11.8. The normalized spacial score (nSPS) is 16.4. The van der Waals surface area contributed by atoms with Gasteiger partial charge >= 0.3 is 0 Å². The van der Waals surface area contributed by atoms with Crippen LogP contribution in [0, 0.1) is 0 Å². The van der Waals surface area contributed by atoms with Crippen LogP contribution < -0.4 is 14.5 Å². The average Bonchev–Trinajstić information content (AvgIpc) is 3.30. The SMILES string of the molecule is CCCc1cnc(N2CCC(Oc3cccc4c3CCN4c3ccc(S(C)(=O)=O)cc3)CC2)nc1. The Morgan fingerprint density at radius 2 is 1.71 bits per heavy atom. The summed E-state index contributed by atoms with van der Waals surface area (Å²) in [4.78, 5) is 14.0. The topological polar surface area (TPSA) is 75.6 Å². The van der Waals surface area contributed by atoms with Crippen LogP contribution in [0.15, 0.2) is 59.8 Å². The molecule has 0 amide bonds. The van der Waals surface area contributed by atoms with Crippen molar-refractivity contribution in [3.63, 3.8) is 0 Å². The van der Waals surface area contributed by atoms with Crippen molar-refractivity contribution >= 4 is 27.2 Å². The molecule has 7 nitrogen and oxygen atoms in total. The number of rotatable bonds is 7. The molecule has 1 saturated heterocycles. The van der Waals surface area contributed by atoms with Crippen LogP contribution >= 0.6 is 0 Å². The Bertz CT molecular complexity index is 1270. The van der Waals surface area contributed by atoms with Crippen molar-refractivity contribution < 1.29 is 13.2 Å². The summed E-state index contributed by atoms with van der Waals surface area (Å²) in [6, 6.07) is 13.3. The number of anilines is 3. The summed E-state index contributed by atoms with van der Waals surface area (Å²) in [6.07, 6.45) is 10.2. The molecule has 0 saturated carbocycles. The second-order valence-electron chi connectivity index (χ2n) is 9.37. The van der Waals surface area contributed by atoms with E-state index in [4.69, 9.17) is 4.74 Å². The molecule has 0 aliphatic carbocycles. The van der Waals surface area contributed by atoms with E-state index in [-0.39, 0.29) is 6.10 Å². The highest BCUT2D eigenvalue weighted by Crippen LogP contribution is 2.40. The third-order valence-electron chi connectivity index (χ3n) is 6.81. The molecule has 0 atom stereocenters. The molecule has 8 heteroatoms. The van der Waals surface area contributed by atoms with Gasteiger partial charge in [-0.3, -0.25) is 0 Å². The Labute approximate surface area is 207 Å². The van der Waals surface area contributed by atoms with Crippen LogP contribution in [-0.4, -0.2) is 50.4 Å². The summed E-state index contributed by atoms with van der Waals surface area (Å²) >= 11 is 0. The van der Waals surface area contributed by atoms with E-state index in [1.807, 2.05) is 30.6 Å². The molecule has 0 spiro atoms. The van der Waals surface area contributed by atoms with E-state index in [9.17, 15) is 8.42 Å². The smallest absolute Gasteiger partial charge is 0.225 e. The Kier molecular flexibility index (Phi) is 6.65. The molecule has 2 aliphatic heterocycles. The lowest BCUT2D eigenvalue weighted by Crippen LogP contribution is -2.39. The zero-order chi connectivity index (χ0) is 24.4. The third-order valence-corrected chi connectivity index (χ3v) is 7.94. The summed E-state index contributed by atoms with van der Waals surface area (Å²) < 4.78 is 30.1. The molecule has 35 heavy (non-hydrogen) atoms. The lowest BCUT2D eigenvalue weighted by molar-refractivity contribution is 0.169. The fraction of sp³-hybridized carbons (Fsp3) is 0.407. The molecule has 2 aliphatic rings. The van der Waals surface area contributed by atoms with Gasteiger partial charge in [-0.05, 0) is 54.8 Å². The number of hydrogen-bond donors (Lipinski definition) is 0. The van der Waals surface area contributed by atoms with Gasteiger partial charge in [0.25, 0.3) is 0 Å². The van der Waals surface area contributed by atoms with Crippen molar-refractivity contribution in [3.8, 4) is 5.75 Å². The Morgan fingerprint density at radius 1 is 1.00 bits per heavy atom. The highest BCUT2D eigenvalue weighted by atomic mass is 32.2. The molecule has 3 heterocycles. The summed E-state index contributed by atoms with van der Waals surface area (Å²) in [5, 5.41) is 0. The number of aromatic nitrogens is 2. The Balaban J connectivity index is 1.24. The molecule has 2 aromatic carbocycles. The van der Waals surface area contributed by atoms with E-state index in [0.717, 1.165) is 74.8 Å². The molecule has 0 N–H and O–H groups in total. The Hall–Kier alpha value is -3.13. The van der Waals surface area contributed by atoms with Gasteiger partial charge in [-0.1, -0.05) is 19.4 Å². The summed E-state index contributed by atoms with van der Waals surface area (Å²) in [6.45, 7) is 4.77. The van der Waals surface area contributed by atoms with Crippen molar-refractivity contribution in [3.05, 3.63) is 66.0 Å². The van der Waals surface area contributed by atoms with Gasteiger partial charge < -0.3 is 14.5 Å². The number of piperidine rings is 1. The van der Waals surface area contributed by atoms with E-state index >= 15 is 0 Å². The molecular weight excluding hydrogens is 460 g/mol. The van der Waals surface area contributed by atoms with E-state index in [1.54, 1.807) is 12.1 Å². The van der Waals surface area contributed by atoms with Gasteiger partial charge in [0.05, 0.1) is 4.90 Å². The van der Waals surface area contributed by atoms with E-state index in [0.29, 0.717) is 4.90 Å². The molecule has 3 aromatic rings. The first-order valence-corrected chi connectivity index (χ1v) is 14.2. The highest BCUT2D eigenvalue weighted by molar-refractivity contribution is 7.90. The molecule has 5 rings (SSSR count). The molecule has 0 bridgehead atoms. The minimum Gasteiger partial charge on any atom is -0.490 e. The van der Waals surface area contributed by atoms with Gasteiger partial charge in [-0.2, -0.15) is 0 Å². The van der Waals surface area contributed by atoms with Gasteiger partial charge in [0.2, 0.25) is 5.95 Å². The van der Waals surface area contributed by atoms with Crippen LogP contribution in [0.4, 0.5) is 17.3 Å². The maximum atomic E-state index is 11.8. The summed E-state index contributed by atoms with van der Waals surface area (Å²) in [5.41, 5.74) is 4.53. The van der Waals surface area contributed by atoms with Crippen LogP contribution in [0.3, 0.4) is 0 Å². The molecule has 1 aromatic heterocycles. The first-order chi connectivity index (χ1) is 16.9. The van der Waals surface area contributed by atoms with Crippen LogP contribution in [0.2, 0.25) is 0 Å². The summed E-state index contributed by atoms with van der Waals surface area (Å²) in [5.74, 6) is 1.76. The minimum absolute atomic E-state index is 0.167. The van der Waals surface area contributed by atoms with Crippen LogP contribution in [0.5, 0.6) is 5.75 Å². The largest absolute Gasteiger partial charge is 0.490 e. The van der Waals surface area contributed by atoms with Gasteiger partial charge in [0, 0.05) is 68.1 Å². The predicted molar refractivity (Wildman–Crippen MR) is 139 cm³/mol. The highest BCUT2D eigenvalue weighted by Gasteiger charge is 2.27. The second kappa shape index (κ2) is 9.85. The molecule has 1 fully saturated rings. The zero-order valence-corrected chi connectivity index (χ0v) is 21.2. The standard InChI is InChI=1S/C27H32N4O3S/c1-3-5-20-18-28-27(29-19-20)30-15-12-22(13-16-30)34-26-7-4-6-25-24(26)14-17-31(25)21-8-10-23(11-9-21)35(2,32)33/h4,6-11,18-19,22H,3,5,12-17H2,1-2H3. The first kappa shape index (κ1) is 23.6. The molecule has 184 valence electrons. The predicted octanol–water partition coefficient (Wildman–Crippen LogP) is 4.57. The lowest BCUT2D eigenvalue weighted by Gasteiger charge is -2.32. The van der Waals surface area contributed by atoms with Gasteiger partial charge in [0.1, 0.15) is 11.9 Å². The van der Waals surface area contributed by atoms with E-state index < -0.39 is 9.84 Å². The zero-order valence-electron chi connectivity index (χ0n) is 20.4. The van der Waals surface area contributed by atoms with E-state index in [1.165, 1.54) is 17.4 Å². The van der Waals surface area contributed by atoms with Crippen molar-refractivity contribution in [2.75, 3.05) is 35.7 Å². The van der Waals surface area contributed by atoms with Crippen molar-refractivity contribution in [2.45, 2.75) is 50.0 Å². The monoisotopic (exact) mass is 492 g/mol. The summed E-state index contributed by atoms with van der Waals surface area (Å²) in [7, 11) is -3.20. The number of fused-ring (bicyclic) bond motifs is 1. The number of ether oxygens (including phenoxy) is 1. The number of aryl methyl sites for hydroxylation is 1. The van der Waals surface area contributed by atoms with Crippen LogP contribution in [0.25, 0.3) is 0 Å². The number of nitrogens with zero attached hydrogens (tertiary/aromatic N) is 4. The fourth-order valence-corrected chi connectivity index (χ4v) is 5.57.